The van der Waals surface area contributed by atoms with E-state index in [0.717, 1.165) is 11.6 Å². The molecule has 0 N–H and O–H groups in total. The van der Waals surface area contributed by atoms with Gasteiger partial charge in [-0.25, -0.2) is 8.78 Å². The monoisotopic (exact) mass is 182 g/mol. The summed E-state index contributed by atoms with van der Waals surface area (Å²) in [4.78, 5) is 0. The van der Waals surface area contributed by atoms with Gasteiger partial charge in [0.25, 0.3) is 0 Å². The average Bonchev–Trinajstić information content (AvgIpc) is 2.02. The second-order valence-electron chi connectivity index (χ2n) is 3.05. The molecule has 0 amide bonds. The fourth-order valence-electron chi connectivity index (χ4n) is 1.35. The van der Waals surface area contributed by atoms with Crippen LogP contribution in [-0.2, 0) is 0 Å². The Morgan fingerprint density at radius 2 is 1.92 bits per heavy atom. The summed E-state index contributed by atoms with van der Waals surface area (Å²) in [6.07, 6.45) is 1.81. The van der Waals surface area contributed by atoms with Gasteiger partial charge in [0, 0.05) is 11.6 Å². The van der Waals surface area contributed by atoms with Gasteiger partial charge in [-0.05, 0) is 38.0 Å². The van der Waals surface area contributed by atoms with Crippen molar-refractivity contribution in [3.05, 3.63) is 41.0 Å². The molecule has 0 aliphatic heterocycles. The Kier molecular flexibility index (Phi) is 2.81. The lowest BCUT2D eigenvalue weighted by atomic mass is 10.0. The SMILES string of the molecule is CC=C(C)c1c(C)cc(F)cc1F. The van der Waals surface area contributed by atoms with E-state index in [9.17, 15) is 8.78 Å². The second-order valence-corrected chi connectivity index (χ2v) is 3.05. The number of aryl methyl sites for hydroxylation is 1. The molecule has 0 bridgehead atoms. The van der Waals surface area contributed by atoms with Crippen molar-refractivity contribution in [3.8, 4) is 0 Å². The Morgan fingerprint density at radius 1 is 1.31 bits per heavy atom. The summed E-state index contributed by atoms with van der Waals surface area (Å²) in [5.74, 6) is -1.02. The van der Waals surface area contributed by atoms with E-state index < -0.39 is 11.6 Å². The highest BCUT2D eigenvalue weighted by atomic mass is 19.1. The number of halogens is 2. The molecule has 70 valence electrons. The minimum Gasteiger partial charge on any atom is -0.207 e. The van der Waals surface area contributed by atoms with Crippen LogP contribution < -0.4 is 0 Å². The molecule has 0 aliphatic rings. The van der Waals surface area contributed by atoms with Gasteiger partial charge in [0.1, 0.15) is 11.6 Å². The average molecular weight is 182 g/mol. The van der Waals surface area contributed by atoms with Gasteiger partial charge in [0.2, 0.25) is 0 Å². The molecule has 0 spiro atoms. The zero-order chi connectivity index (χ0) is 10.0. The molecule has 0 fully saturated rings. The minimum absolute atomic E-state index is 0.492. The molecule has 1 aromatic carbocycles. The van der Waals surface area contributed by atoms with Gasteiger partial charge >= 0.3 is 0 Å². The van der Waals surface area contributed by atoms with Crippen LogP contribution in [-0.4, -0.2) is 0 Å². The topological polar surface area (TPSA) is 0 Å². The third-order valence-corrected chi connectivity index (χ3v) is 2.08. The highest BCUT2D eigenvalue weighted by molar-refractivity contribution is 5.66. The Hall–Kier alpha value is -1.18. The van der Waals surface area contributed by atoms with Crippen molar-refractivity contribution in [1.82, 2.24) is 0 Å². The van der Waals surface area contributed by atoms with Crippen LogP contribution in [0.1, 0.15) is 25.0 Å². The van der Waals surface area contributed by atoms with Crippen LogP contribution in [0, 0.1) is 18.6 Å². The molecule has 1 rings (SSSR count). The molecule has 0 aliphatic carbocycles. The lowest BCUT2D eigenvalue weighted by Gasteiger charge is -2.07. The Morgan fingerprint density at radius 3 is 2.38 bits per heavy atom. The van der Waals surface area contributed by atoms with Crippen molar-refractivity contribution in [2.75, 3.05) is 0 Å². The van der Waals surface area contributed by atoms with Crippen LogP contribution in [0.15, 0.2) is 18.2 Å². The predicted octanol–water partition coefficient (Wildman–Crippen LogP) is 3.70. The second kappa shape index (κ2) is 3.69. The van der Waals surface area contributed by atoms with E-state index in [1.54, 1.807) is 6.92 Å². The first kappa shape index (κ1) is 9.90. The number of benzene rings is 1. The number of hydrogen-bond acceptors (Lipinski definition) is 0. The van der Waals surface area contributed by atoms with Crippen LogP contribution in [0.4, 0.5) is 8.78 Å². The van der Waals surface area contributed by atoms with Gasteiger partial charge in [-0.15, -0.1) is 0 Å². The Labute approximate surface area is 76.9 Å². The van der Waals surface area contributed by atoms with Gasteiger partial charge in [-0.3, -0.25) is 0 Å². The normalized spacial score (nSPS) is 11.9. The highest BCUT2D eigenvalue weighted by Gasteiger charge is 2.08. The molecule has 0 atom stereocenters. The van der Waals surface area contributed by atoms with Crippen LogP contribution in [0.25, 0.3) is 5.57 Å². The van der Waals surface area contributed by atoms with Gasteiger partial charge < -0.3 is 0 Å². The summed E-state index contributed by atoms with van der Waals surface area (Å²) in [7, 11) is 0. The van der Waals surface area contributed by atoms with Crippen molar-refractivity contribution >= 4 is 5.57 Å². The van der Waals surface area contributed by atoms with E-state index in [4.69, 9.17) is 0 Å². The van der Waals surface area contributed by atoms with E-state index in [1.807, 2.05) is 19.9 Å². The highest BCUT2D eigenvalue weighted by Crippen LogP contribution is 2.22. The predicted molar refractivity (Wildman–Crippen MR) is 50.4 cm³/mol. The number of allylic oxidation sites excluding steroid dienone is 2. The first-order valence-electron chi connectivity index (χ1n) is 4.15. The molecular weight excluding hydrogens is 170 g/mol. The molecule has 1 aromatic rings. The molecule has 0 radical (unpaired) electrons. The number of hydrogen-bond donors (Lipinski definition) is 0. The zero-order valence-corrected chi connectivity index (χ0v) is 7.99. The Bertz CT molecular complexity index is 328. The molecule has 0 aromatic heterocycles. The minimum atomic E-state index is -0.525. The molecule has 2 heteroatoms. The molecule has 13 heavy (non-hydrogen) atoms. The van der Waals surface area contributed by atoms with Gasteiger partial charge in [0.15, 0.2) is 0 Å². The first-order chi connectivity index (χ1) is 6.06. The maximum atomic E-state index is 13.3. The van der Waals surface area contributed by atoms with Gasteiger partial charge in [-0.2, -0.15) is 0 Å². The van der Waals surface area contributed by atoms with Crippen molar-refractivity contribution < 1.29 is 8.78 Å². The summed E-state index contributed by atoms with van der Waals surface area (Å²) in [6.45, 7) is 5.34. The van der Waals surface area contributed by atoms with Crippen molar-refractivity contribution in [1.29, 1.82) is 0 Å². The third kappa shape index (κ3) is 1.94. The maximum absolute atomic E-state index is 13.3. The van der Waals surface area contributed by atoms with E-state index in [2.05, 4.69) is 0 Å². The Balaban J connectivity index is 3.37. The quantitative estimate of drug-likeness (QED) is 0.621. The van der Waals surface area contributed by atoms with Crippen LogP contribution in [0.3, 0.4) is 0 Å². The largest absolute Gasteiger partial charge is 0.207 e. The molecule has 0 heterocycles. The van der Waals surface area contributed by atoms with Crippen molar-refractivity contribution in [3.63, 3.8) is 0 Å². The standard InChI is InChI=1S/C11H12F2/c1-4-7(2)11-8(3)5-9(12)6-10(11)13/h4-6H,1-3H3. The van der Waals surface area contributed by atoms with Crippen molar-refractivity contribution in [2.24, 2.45) is 0 Å². The van der Waals surface area contributed by atoms with E-state index in [0.29, 0.717) is 11.1 Å². The fraction of sp³-hybridized carbons (Fsp3) is 0.273. The molecule has 0 nitrogen and oxygen atoms in total. The smallest absolute Gasteiger partial charge is 0.133 e. The van der Waals surface area contributed by atoms with E-state index in [1.165, 1.54) is 6.07 Å². The van der Waals surface area contributed by atoms with Crippen LogP contribution >= 0.6 is 0 Å². The molecule has 0 unspecified atom stereocenters. The van der Waals surface area contributed by atoms with E-state index in [-0.39, 0.29) is 0 Å². The lowest BCUT2D eigenvalue weighted by molar-refractivity contribution is 0.579. The van der Waals surface area contributed by atoms with E-state index >= 15 is 0 Å². The summed E-state index contributed by atoms with van der Waals surface area (Å²) in [5, 5.41) is 0. The maximum Gasteiger partial charge on any atom is 0.133 e. The summed E-state index contributed by atoms with van der Waals surface area (Å²) in [5.41, 5.74) is 1.96. The number of rotatable bonds is 1. The van der Waals surface area contributed by atoms with Crippen LogP contribution in [0.2, 0.25) is 0 Å². The van der Waals surface area contributed by atoms with Gasteiger partial charge in [-0.1, -0.05) is 6.08 Å². The fourth-order valence-corrected chi connectivity index (χ4v) is 1.35. The first-order valence-corrected chi connectivity index (χ1v) is 4.15. The summed E-state index contributed by atoms with van der Waals surface area (Å²) >= 11 is 0. The van der Waals surface area contributed by atoms with Crippen molar-refractivity contribution in [2.45, 2.75) is 20.8 Å². The summed E-state index contributed by atoms with van der Waals surface area (Å²) in [6, 6.07) is 2.25. The third-order valence-electron chi connectivity index (χ3n) is 2.08. The molecule has 0 saturated carbocycles. The van der Waals surface area contributed by atoms with Gasteiger partial charge in [0.05, 0.1) is 0 Å². The summed E-state index contributed by atoms with van der Waals surface area (Å²) < 4.78 is 26.0. The zero-order valence-electron chi connectivity index (χ0n) is 7.99. The van der Waals surface area contributed by atoms with Crippen LogP contribution in [0.5, 0.6) is 0 Å². The molecular formula is C11H12F2. The lowest BCUT2D eigenvalue weighted by Crippen LogP contribution is -1.93. The molecule has 0 saturated heterocycles.